The molecule has 0 unspecified atom stereocenters. The number of hydrogen-bond acceptors (Lipinski definition) is 8. The number of amides is 1. The maximum Gasteiger partial charge on any atom is 0.351 e. The molecule has 3 aromatic rings. The van der Waals surface area contributed by atoms with Crippen LogP contribution in [0.3, 0.4) is 0 Å². The third-order valence-electron chi connectivity index (χ3n) is 4.22. The smallest absolute Gasteiger partial charge is 0.351 e. The minimum atomic E-state index is -0.671. The van der Waals surface area contributed by atoms with Crippen LogP contribution in [0.4, 0.5) is 11.4 Å². The number of nitrogens with two attached hydrogens (primary N) is 1. The molecule has 1 amide bonds. The first-order chi connectivity index (χ1) is 13.8. The second kappa shape index (κ2) is 8.36. The molecule has 0 saturated carbocycles. The molecule has 2 aromatic heterocycles. The second-order valence-electron chi connectivity index (χ2n) is 6.30. The van der Waals surface area contributed by atoms with E-state index >= 15 is 0 Å². The highest BCUT2D eigenvalue weighted by molar-refractivity contribution is 7.21. The van der Waals surface area contributed by atoms with Gasteiger partial charge in [0.05, 0.1) is 25.6 Å². The number of pyridine rings is 1. The summed E-state index contributed by atoms with van der Waals surface area (Å²) < 4.78 is 15.5. The Hall–Kier alpha value is -3.33. The summed E-state index contributed by atoms with van der Waals surface area (Å²) in [5, 5.41) is 3.37. The molecule has 8 nitrogen and oxygen atoms in total. The summed E-state index contributed by atoms with van der Waals surface area (Å²) in [6.45, 7) is 3.31. The van der Waals surface area contributed by atoms with Crippen LogP contribution in [0, 0.1) is 13.8 Å². The Labute approximate surface area is 171 Å². The van der Waals surface area contributed by atoms with E-state index in [0.717, 1.165) is 28.0 Å². The number of methoxy groups -OCH3 is 2. The molecule has 0 spiro atoms. The molecule has 152 valence electrons. The van der Waals surface area contributed by atoms with Gasteiger partial charge in [-0.3, -0.25) is 4.79 Å². The number of esters is 1. The average molecular weight is 415 g/mol. The van der Waals surface area contributed by atoms with Crippen LogP contribution in [-0.2, 0) is 9.53 Å². The Bertz CT molecular complexity index is 1090. The van der Waals surface area contributed by atoms with Crippen LogP contribution < -0.4 is 20.5 Å². The molecule has 0 aliphatic carbocycles. The average Bonchev–Trinajstić information content (AvgIpc) is 3.02. The van der Waals surface area contributed by atoms with Crippen LogP contribution in [0.5, 0.6) is 11.5 Å². The maximum atomic E-state index is 12.5. The van der Waals surface area contributed by atoms with Gasteiger partial charge in [0.1, 0.15) is 21.2 Å². The van der Waals surface area contributed by atoms with Gasteiger partial charge in [0.15, 0.2) is 6.61 Å². The maximum absolute atomic E-state index is 12.5. The number of nitrogens with one attached hydrogen (secondary N) is 1. The first-order valence-electron chi connectivity index (χ1n) is 8.69. The van der Waals surface area contributed by atoms with Crippen molar-refractivity contribution in [2.24, 2.45) is 0 Å². The molecule has 0 fully saturated rings. The van der Waals surface area contributed by atoms with E-state index in [4.69, 9.17) is 19.9 Å². The number of benzene rings is 1. The summed E-state index contributed by atoms with van der Waals surface area (Å²) in [4.78, 5) is 30.0. The summed E-state index contributed by atoms with van der Waals surface area (Å²) in [7, 11) is 3.00. The Kier molecular flexibility index (Phi) is 5.88. The number of thiophene rings is 1. The zero-order valence-electron chi connectivity index (χ0n) is 16.5. The van der Waals surface area contributed by atoms with Crippen LogP contribution in [0.15, 0.2) is 24.3 Å². The first-order valence-corrected chi connectivity index (χ1v) is 9.51. The van der Waals surface area contributed by atoms with Gasteiger partial charge in [-0.05, 0) is 37.6 Å². The van der Waals surface area contributed by atoms with Gasteiger partial charge in [0, 0.05) is 17.1 Å². The van der Waals surface area contributed by atoms with Crippen molar-refractivity contribution in [1.29, 1.82) is 0 Å². The number of aryl methyl sites for hydroxylation is 2. The van der Waals surface area contributed by atoms with Crippen LogP contribution in [0.1, 0.15) is 20.9 Å². The Morgan fingerprint density at radius 3 is 2.62 bits per heavy atom. The lowest BCUT2D eigenvalue weighted by molar-refractivity contribution is -0.119. The molecule has 3 N–H and O–H groups in total. The summed E-state index contributed by atoms with van der Waals surface area (Å²) in [6.07, 6.45) is 0. The molecular formula is C20H21N3O5S. The first kappa shape index (κ1) is 20.4. The molecule has 29 heavy (non-hydrogen) atoms. The van der Waals surface area contributed by atoms with E-state index in [1.54, 1.807) is 18.2 Å². The fourth-order valence-corrected chi connectivity index (χ4v) is 4.03. The normalized spacial score (nSPS) is 10.6. The molecule has 0 bridgehead atoms. The predicted octanol–water partition coefficient (Wildman–Crippen LogP) is 3.31. The van der Waals surface area contributed by atoms with E-state index in [0.29, 0.717) is 27.7 Å². The number of rotatable bonds is 6. The van der Waals surface area contributed by atoms with Gasteiger partial charge in [-0.15, -0.1) is 11.3 Å². The number of aromatic nitrogens is 1. The van der Waals surface area contributed by atoms with E-state index in [9.17, 15) is 9.59 Å². The van der Waals surface area contributed by atoms with E-state index < -0.39 is 18.5 Å². The number of carbonyl (C=O) groups excluding carboxylic acids is 2. The fourth-order valence-electron chi connectivity index (χ4n) is 2.92. The van der Waals surface area contributed by atoms with Gasteiger partial charge in [-0.1, -0.05) is 0 Å². The molecular weight excluding hydrogens is 394 g/mol. The standard InChI is InChI=1S/C20H21N3O5S/c1-10-7-11(2)22-19-16(10)17(21)18(29-19)20(25)28-9-15(24)23-13-8-12(26-3)5-6-14(13)27-4/h5-8H,9,21H2,1-4H3,(H,23,24). The third-order valence-corrected chi connectivity index (χ3v) is 5.30. The largest absolute Gasteiger partial charge is 0.497 e. The number of fused-ring (bicyclic) bond motifs is 1. The molecule has 0 saturated heterocycles. The lowest BCUT2D eigenvalue weighted by Gasteiger charge is -2.11. The molecule has 9 heteroatoms. The van der Waals surface area contributed by atoms with Crippen molar-refractivity contribution >= 4 is 44.8 Å². The number of ether oxygens (including phenoxy) is 3. The summed E-state index contributed by atoms with van der Waals surface area (Å²) in [6, 6.07) is 6.88. The van der Waals surface area contributed by atoms with Crippen molar-refractivity contribution in [3.63, 3.8) is 0 Å². The van der Waals surface area contributed by atoms with Crippen LogP contribution in [-0.4, -0.2) is 37.7 Å². The Morgan fingerprint density at radius 2 is 1.93 bits per heavy atom. The van der Waals surface area contributed by atoms with Crippen LogP contribution in [0.2, 0.25) is 0 Å². The highest BCUT2D eigenvalue weighted by Crippen LogP contribution is 2.35. The zero-order valence-corrected chi connectivity index (χ0v) is 17.3. The SMILES string of the molecule is COc1ccc(OC)c(NC(=O)COC(=O)c2sc3nc(C)cc(C)c3c2N)c1. The van der Waals surface area contributed by atoms with E-state index in [-0.39, 0.29) is 4.88 Å². The van der Waals surface area contributed by atoms with Gasteiger partial charge in [0.2, 0.25) is 0 Å². The molecule has 0 radical (unpaired) electrons. The van der Waals surface area contributed by atoms with E-state index in [1.807, 2.05) is 19.9 Å². The highest BCUT2D eigenvalue weighted by Gasteiger charge is 2.21. The number of nitrogen functional groups attached to an aromatic ring is 1. The van der Waals surface area contributed by atoms with Crippen LogP contribution >= 0.6 is 11.3 Å². The highest BCUT2D eigenvalue weighted by atomic mass is 32.1. The topological polar surface area (TPSA) is 113 Å². The molecule has 3 rings (SSSR count). The molecule has 2 heterocycles. The Morgan fingerprint density at radius 1 is 1.17 bits per heavy atom. The number of nitrogens with zero attached hydrogens (tertiary/aromatic N) is 1. The third kappa shape index (κ3) is 4.24. The van der Waals surface area contributed by atoms with Crippen LogP contribution in [0.25, 0.3) is 10.2 Å². The summed E-state index contributed by atoms with van der Waals surface area (Å²) in [5.41, 5.74) is 8.62. The van der Waals surface area contributed by atoms with E-state index in [1.165, 1.54) is 14.2 Å². The lowest BCUT2D eigenvalue weighted by atomic mass is 10.1. The van der Waals surface area contributed by atoms with Crippen molar-refractivity contribution < 1.29 is 23.8 Å². The zero-order chi connectivity index (χ0) is 21.1. The van der Waals surface area contributed by atoms with Gasteiger partial charge >= 0.3 is 5.97 Å². The second-order valence-corrected chi connectivity index (χ2v) is 7.30. The van der Waals surface area contributed by atoms with Gasteiger partial charge in [-0.25, -0.2) is 9.78 Å². The van der Waals surface area contributed by atoms with Gasteiger partial charge in [-0.2, -0.15) is 0 Å². The molecule has 0 atom stereocenters. The van der Waals surface area contributed by atoms with Crippen molar-refractivity contribution in [2.75, 3.05) is 31.9 Å². The van der Waals surface area contributed by atoms with Gasteiger partial charge < -0.3 is 25.3 Å². The lowest BCUT2D eigenvalue weighted by Crippen LogP contribution is -2.21. The molecule has 0 aliphatic rings. The Balaban J connectivity index is 1.71. The molecule has 0 aliphatic heterocycles. The van der Waals surface area contributed by atoms with Crippen molar-refractivity contribution in [1.82, 2.24) is 4.98 Å². The summed E-state index contributed by atoms with van der Waals surface area (Å²) >= 11 is 1.15. The van der Waals surface area contributed by atoms with Crippen molar-refractivity contribution in [3.05, 3.63) is 40.4 Å². The minimum absolute atomic E-state index is 0.230. The van der Waals surface area contributed by atoms with Crippen molar-refractivity contribution in [3.8, 4) is 11.5 Å². The quantitative estimate of drug-likeness (QED) is 0.594. The van der Waals surface area contributed by atoms with Crippen molar-refractivity contribution in [2.45, 2.75) is 13.8 Å². The van der Waals surface area contributed by atoms with E-state index in [2.05, 4.69) is 10.3 Å². The predicted molar refractivity (Wildman–Crippen MR) is 112 cm³/mol. The monoisotopic (exact) mass is 415 g/mol. The fraction of sp³-hybridized carbons (Fsp3) is 0.250. The minimum Gasteiger partial charge on any atom is -0.497 e. The molecule has 1 aromatic carbocycles. The van der Waals surface area contributed by atoms with Gasteiger partial charge in [0.25, 0.3) is 5.91 Å². The summed E-state index contributed by atoms with van der Waals surface area (Å²) in [5.74, 6) is -0.185. The number of anilines is 2. The number of carbonyl (C=O) groups is 2. The number of hydrogen-bond donors (Lipinski definition) is 2.